The molecule has 1 aromatic carbocycles. The second-order valence-corrected chi connectivity index (χ2v) is 8.91. The highest BCUT2D eigenvalue weighted by atomic mass is 16.4. The highest BCUT2D eigenvalue weighted by Gasteiger charge is 2.21. The van der Waals surface area contributed by atoms with E-state index in [1.807, 2.05) is 13.0 Å². The van der Waals surface area contributed by atoms with Crippen molar-refractivity contribution < 1.29 is 13.6 Å². The molecule has 0 atom stereocenters. The summed E-state index contributed by atoms with van der Waals surface area (Å²) in [5, 5.41) is 4.76. The number of hydrogen-bond acceptors (Lipinski definition) is 5. The molecule has 0 saturated heterocycles. The van der Waals surface area contributed by atoms with Crippen LogP contribution in [0, 0.1) is 6.92 Å². The highest BCUT2D eigenvalue weighted by Crippen LogP contribution is 2.35. The topological polar surface area (TPSA) is 101 Å². The van der Waals surface area contributed by atoms with Crippen LogP contribution in [0.25, 0.3) is 21.9 Å². The van der Waals surface area contributed by atoms with Crippen molar-refractivity contribution in [3.8, 4) is 0 Å². The number of fused-ring (bicyclic) bond motifs is 2. The molecule has 0 saturated carbocycles. The third kappa shape index (κ3) is 4.26. The van der Waals surface area contributed by atoms with E-state index in [0.717, 1.165) is 27.6 Å². The standard InChI is InChI=1S/C24H27N3O4/c1-14-16(5-6-22(28)26-8-7-15-11-25-13-27-15)23(29)31-21-10-20-18(9-17(14)21)19(12-30-20)24(2,3)4/h9-13H,5-8H2,1-4H3,(H,25,27)(H,26,28). The zero-order chi connectivity index (χ0) is 22.2. The fourth-order valence-corrected chi connectivity index (χ4v) is 3.86. The molecule has 7 heteroatoms. The molecule has 4 aromatic rings. The normalized spacial score (nSPS) is 12.0. The van der Waals surface area contributed by atoms with Crippen LogP contribution in [0.1, 0.15) is 49.6 Å². The second kappa shape index (κ2) is 8.06. The van der Waals surface area contributed by atoms with Gasteiger partial charge in [-0.25, -0.2) is 9.78 Å². The Balaban J connectivity index is 1.55. The van der Waals surface area contributed by atoms with Crippen LogP contribution in [0.2, 0.25) is 0 Å². The summed E-state index contributed by atoms with van der Waals surface area (Å²) in [5.74, 6) is -0.0984. The van der Waals surface area contributed by atoms with Gasteiger partial charge in [0.15, 0.2) is 0 Å². The van der Waals surface area contributed by atoms with Gasteiger partial charge in [0.25, 0.3) is 0 Å². The van der Waals surface area contributed by atoms with Crippen LogP contribution in [0.3, 0.4) is 0 Å². The lowest BCUT2D eigenvalue weighted by Crippen LogP contribution is -2.26. The lowest BCUT2D eigenvalue weighted by atomic mass is 9.86. The predicted molar refractivity (Wildman–Crippen MR) is 119 cm³/mol. The smallest absolute Gasteiger partial charge is 0.339 e. The van der Waals surface area contributed by atoms with E-state index in [1.54, 1.807) is 24.9 Å². The van der Waals surface area contributed by atoms with E-state index in [9.17, 15) is 9.59 Å². The van der Waals surface area contributed by atoms with Gasteiger partial charge in [0.2, 0.25) is 5.91 Å². The van der Waals surface area contributed by atoms with Gasteiger partial charge in [-0.2, -0.15) is 0 Å². The van der Waals surface area contributed by atoms with Crippen LogP contribution in [0.15, 0.2) is 44.5 Å². The summed E-state index contributed by atoms with van der Waals surface area (Å²) in [4.78, 5) is 31.8. The molecule has 162 valence electrons. The minimum atomic E-state index is -0.405. The van der Waals surface area contributed by atoms with Gasteiger partial charge in [-0.1, -0.05) is 20.8 Å². The van der Waals surface area contributed by atoms with Crippen molar-refractivity contribution in [1.82, 2.24) is 15.3 Å². The average molecular weight is 421 g/mol. The SMILES string of the molecule is Cc1c(CCC(=O)NCCc2cnc[nH]2)c(=O)oc2cc3occ(C(C)(C)C)c3cc12. The van der Waals surface area contributed by atoms with Crippen molar-refractivity contribution in [3.05, 3.63) is 63.7 Å². The largest absolute Gasteiger partial charge is 0.464 e. The molecule has 31 heavy (non-hydrogen) atoms. The molecule has 7 nitrogen and oxygen atoms in total. The number of nitrogens with zero attached hydrogens (tertiary/aromatic N) is 1. The van der Waals surface area contributed by atoms with Crippen LogP contribution >= 0.6 is 0 Å². The van der Waals surface area contributed by atoms with E-state index < -0.39 is 5.63 Å². The van der Waals surface area contributed by atoms with E-state index in [1.165, 1.54) is 0 Å². The van der Waals surface area contributed by atoms with Gasteiger partial charge in [0.1, 0.15) is 11.2 Å². The number of H-pyrrole nitrogens is 1. The molecule has 0 spiro atoms. The first kappa shape index (κ1) is 20.9. The fraction of sp³-hybridized carbons (Fsp3) is 0.375. The Morgan fingerprint density at radius 2 is 1.97 bits per heavy atom. The van der Waals surface area contributed by atoms with Gasteiger partial charge in [-0.15, -0.1) is 0 Å². The summed E-state index contributed by atoms with van der Waals surface area (Å²) < 4.78 is 11.3. The number of aromatic nitrogens is 2. The quantitative estimate of drug-likeness (QED) is 0.455. The van der Waals surface area contributed by atoms with Gasteiger partial charge in [0.05, 0.1) is 12.6 Å². The van der Waals surface area contributed by atoms with E-state index in [0.29, 0.717) is 36.1 Å². The first-order valence-corrected chi connectivity index (χ1v) is 10.5. The molecule has 0 fully saturated rings. The van der Waals surface area contributed by atoms with Crippen LogP contribution in [0.5, 0.6) is 0 Å². The first-order chi connectivity index (χ1) is 14.7. The summed E-state index contributed by atoms with van der Waals surface area (Å²) >= 11 is 0. The van der Waals surface area contributed by atoms with E-state index in [-0.39, 0.29) is 17.7 Å². The molecule has 0 unspecified atom stereocenters. The fourth-order valence-electron chi connectivity index (χ4n) is 3.86. The summed E-state index contributed by atoms with van der Waals surface area (Å²) in [6, 6.07) is 3.81. The molecule has 4 rings (SSSR count). The molecule has 0 aliphatic carbocycles. The Bertz CT molecular complexity index is 1290. The molecule has 3 aromatic heterocycles. The highest BCUT2D eigenvalue weighted by molar-refractivity contribution is 5.96. The molecule has 0 aliphatic rings. The third-order valence-electron chi connectivity index (χ3n) is 5.66. The number of aryl methyl sites for hydroxylation is 1. The lowest BCUT2D eigenvalue weighted by Gasteiger charge is -2.16. The van der Waals surface area contributed by atoms with Gasteiger partial charge in [-0.05, 0) is 30.4 Å². The second-order valence-electron chi connectivity index (χ2n) is 8.91. The van der Waals surface area contributed by atoms with Crippen LogP contribution in [0.4, 0.5) is 0 Å². The van der Waals surface area contributed by atoms with E-state index in [2.05, 4.69) is 36.1 Å². The first-order valence-electron chi connectivity index (χ1n) is 10.5. The number of amides is 1. The third-order valence-corrected chi connectivity index (χ3v) is 5.66. The van der Waals surface area contributed by atoms with E-state index >= 15 is 0 Å². The molecule has 0 radical (unpaired) electrons. The number of carbonyl (C=O) groups is 1. The molecule has 2 N–H and O–H groups in total. The Kier molecular flexibility index (Phi) is 5.43. The summed E-state index contributed by atoms with van der Waals surface area (Å²) in [6.07, 6.45) is 6.35. The summed E-state index contributed by atoms with van der Waals surface area (Å²) in [7, 11) is 0. The van der Waals surface area contributed by atoms with Gasteiger partial charge < -0.3 is 19.1 Å². The van der Waals surface area contributed by atoms with Crippen molar-refractivity contribution in [1.29, 1.82) is 0 Å². The zero-order valence-electron chi connectivity index (χ0n) is 18.3. The molecule has 1 amide bonds. The lowest BCUT2D eigenvalue weighted by molar-refractivity contribution is -0.121. The molecule has 3 heterocycles. The Morgan fingerprint density at radius 1 is 1.16 bits per heavy atom. The van der Waals surface area contributed by atoms with E-state index in [4.69, 9.17) is 8.83 Å². The molecule has 0 bridgehead atoms. The maximum atomic E-state index is 12.6. The van der Waals surface area contributed by atoms with Crippen molar-refractivity contribution >= 4 is 27.8 Å². The number of aromatic amines is 1. The Morgan fingerprint density at radius 3 is 2.68 bits per heavy atom. The number of rotatable bonds is 6. The minimum Gasteiger partial charge on any atom is -0.464 e. The summed E-state index contributed by atoms with van der Waals surface area (Å²) in [6.45, 7) is 8.83. The number of furan rings is 1. The number of hydrogen-bond donors (Lipinski definition) is 2. The number of nitrogens with one attached hydrogen (secondary N) is 2. The van der Waals surface area contributed by atoms with Crippen molar-refractivity contribution in [3.63, 3.8) is 0 Å². The number of imidazole rings is 1. The monoisotopic (exact) mass is 421 g/mol. The van der Waals surface area contributed by atoms with Crippen LogP contribution < -0.4 is 10.9 Å². The van der Waals surface area contributed by atoms with Crippen LogP contribution in [-0.4, -0.2) is 22.4 Å². The van der Waals surface area contributed by atoms with Gasteiger partial charge in [0, 0.05) is 59.2 Å². The number of carbonyl (C=O) groups excluding carboxylic acids is 1. The number of benzene rings is 1. The van der Waals surface area contributed by atoms with Crippen molar-refractivity contribution in [2.45, 2.75) is 52.4 Å². The summed E-state index contributed by atoms with van der Waals surface area (Å²) in [5.41, 5.74) is 4.18. The predicted octanol–water partition coefficient (Wildman–Crippen LogP) is 4.16. The Labute approximate surface area is 179 Å². The molecule has 0 aliphatic heterocycles. The zero-order valence-corrected chi connectivity index (χ0v) is 18.3. The van der Waals surface area contributed by atoms with Gasteiger partial charge >= 0.3 is 5.63 Å². The Hall–Kier alpha value is -3.35. The maximum Gasteiger partial charge on any atom is 0.339 e. The minimum absolute atomic E-state index is 0.0699. The van der Waals surface area contributed by atoms with Crippen molar-refractivity contribution in [2.75, 3.05) is 6.54 Å². The van der Waals surface area contributed by atoms with Gasteiger partial charge in [-0.3, -0.25) is 4.79 Å². The molecular weight excluding hydrogens is 394 g/mol. The maximum absolute atomic E-state index is 12.6. The van der Waals surface area contributed by atoms with Crippen molar-refractivity contribution in [2.24, 2.45) is 0 Å². The van der Waals surface area contributed by atoms with Crippen LogP contribution in [-0.2, 0) is 23.1 Å². The average Bonchev–Trinajstić information content (AvgIpc) is 3.35. The molecular formula is C24H27N3O4.